The summed E-state index contributed by atoms with van der Waals surface area (Å²) in [6.07, 6.45) is 0. The highest BCUT2D eigenvalue weighted by molar-refractivity contribution is 5.33. The van der Waals surface area contributed by atoms with Crippen LogP contribution in [0.4, 0.5) is 0 Å². The number of aliphatic hydroxyl groups excluding tert-OH is 1. The summed E-state index contributed by atoms with van der Waals surface area (Å²) >= 11 is 0. The van der Waals surface area contributed by atoms with Gasteiger partial charge in [-0.3, -0.25) is 0 Å². The number of hydrogen-bond donors (Lipinski definition) is 2. The summed E-state index contributed by atoms with van der Waals surface area (Å²) in [5.41, 5.74) is 1.16. The molecule has 0 unspecified atom stereocenters. The van der Waals surface area contributed by atoms with Crippen LogP contribution in [-0.2, 0) is 11.3 Å². The molecule has 0 aliphatic heterocycles. The first kappa shape index (κ1) is 16.0. The zero-order chi connectivity index (χ0) is 13.9. The van der Waals surface area contributed by atoms with Gasteiger partial charge in [0.1, 0.15) is 12.4 Å². The molecule has 2 N–H and O–H groups in total. The number of aliphatic hydroxyl groups is 1. The van der Waals surface area contributed by atoms with Crippen molar-refractivity contribution in [2.24, 2.45) is 5.92 Å². The fourth-order valence-corrected chi connectivity index (χ4v) is 1.66. The predicted octanol–water partition coefficient (Wildman–Crippen LogP) is 1.82. The molecule has 0 fully saturated rings. The van der Waals surface area contributed by atoms with Gasteiger partial charge in [-0.2, -0.15) is 0 Å². The lowest BCUT2D eigenvalue weighted by molar-refractivity contribution is 0.0703. The Bertz CT molecular complexity index is 342. The van der Waals surface area contributed by atoms with Gasteiger partial charge < -0.3 is 19.9 Å². The summed E-state index contributed by atoms with van der Waals surface area (Å²) in [5.74, 6) is 1.53. The van der Waals surface area contributed by atoms with Gasteiger partial charge in [0, 0.05) is 12.1 Å². The maximum Gasteiger partial charge on any atom is 0.123 e. The highest BCUT2D eigenvalue weighted by Crippen LogP contribution is 2.17. The number of ether oxygens (including phenoxy) is 2. The Morgan fingerprint density at radius 3 is 2.68 bits per heavy atom. The smallest absolute Gasteiger partial charge is 0.123 e. The molecule has 0 aromatic heterocycles. The van der Waals surface area contributed by atoms with Gasteiger partial charge >= 0.3 is 0 Å². The van der Waals surface area contributed by atoms with Crippen molar-refractivity contribution in [1.82, 2.24) is 5.32 Å². The minimum absolute atomic E-state index is 0.0513. The van der Waals surface area contributed by atoms with Crippen molar-refractivity contribution in [3.63, 3.8) is 0 Å². The van der Waals surface area contributed by atoms with Crippen LogP contribution in [0.25, 0.3) is 0 Å². The average molecular weight is 267 g/mol. The molecule has 1 aromatic rings. The largest absolute Gasteiger partial charge is 0.491 e. The van der Waals surface area contributed by atoms with E-state index in [4.69, 9.17) is 14.6 Å². The third kappa shape index (κ3) is 7.15. The molecule has 108 valence electrons. The lowest BCUT2D eigenvalue weighted by atomic mass is 10.2. The Labute approximate surface area is 115 Å². The Morgan fingerprint density at radius 1 is 1.16 bits per heavy atom. The average Bonchev–Trinajstić information content (AvgIpc) is 2.40. The van der Waals surface area contributed by atoms with Crippen LogP contribution in [0.15, 0.2) is 24.3 Å². The Balaban J connectivity index is 2.35. The fraction of sp³-hybridized carbons (Fsp3) is 0.600. The Morgan fingerprint density at radius 2 is 1.95 bits per heavy atom. The van der Waals surface area contributed by atoms with E-state index in [0.29, 0.717) is 25.7 Å². The first-order chi connectivity index (χ1) is 9.24. The van der Waals surface area contributed by atoms with Crippen LogP contribution in [-0.4, -0.2) is 38.1 Å². The van der Waals surface area contributed by atoms with Crippen LogP contribution in [0, 0.1) is 5.92 Å². The molecule has 0 spiro atoms. The maximum absolute atomic E-state index is 8.59. The first-order valence-corrected chi connectivity index (χ1v) is 6.84. The molecule has 4 heteroatoms. The van der Waals surface area contributed by atoms with Crippen molar-refractivity contribution in [1.29, 1.82) is 0 Å². The van der Waals surface area contributed by atoms with Crippen LogP contribution in [0.3, 0.4) is 0 Å². The van der Waals surface area contributed by atoms with Crippen LogP contribution in [0.5, 0.6) is 5.75 Å². The van der Waals surface area contributed by atoms with Gasteiger partial charge in [-0.25, -0.2) is 0 Å². The molecule has 0 atom stereocenters. The summed E-state index contributed by atoms with van der Waals surface area (Å²) in [6.45, 7) is 7.59. The van der Waals surface area contributed by atoms with Gasteiger partial charge in [-0.15, -0.1) is 0 Å². The minimum Gasteiger partial charge on any atom is -0.491 e. The zero-order valence-corrected chi connectivity index (χ0v) is 11.9. The number of benzene rings is 1. The molecule has 4 nitrogen and oxygen atoms in total. The highest BCUT2D eigenvalue weighted by atomic mass is 16.5. The van der Waals surface area contributed by atoms with Gasteiger partial charge in [0.2, 0.25) is 0 Å². The van der Waals surface area contributed by atoms with E-state index < -0.39 is 0 Å². The SMILES string of the molecule is CC(C)CNCc1ccccc1OCCOCCO. The zero-order valence-electron chi connectivity index (χ0n) is 11.9. The van der Waals surface area contributed by atoms with E-state index in [1.165, 1.54) is 0 Å². The molecule has 19 heavy (non-hydrogen) atoms. The van der Waals surface area contributed by atoms with Crippen LogP contribution >= 0.6 is 0 Å². The molecule has 0 heterocycles. The van der Waals surface area contributed by atoms with Crippen LogP contribution < -0.4 is 10.1 Å². The quantitative estimate of drug-likeness (QED) is 0.635. The van der Waals surface area contributed by atoms with E-state index in [0.717, 1.165) is 24.4 Å². The van der Waals surface area contributed by atoms with Crippen molar-refractivity contribution in [3.05, 3.63) is 29.8 Å². The lowest BCUT2D eigenvalue weighted by Gasteiger charge is -2.13. The van der Waals surface area contributed by atoms with Gasteiger partial charge in [-0.05, 0) is 18.5 Å². The standard InChI is InChI=1S/C15H25NO3/c1-13(2)11-16-12-14-5-3-4-6-15(14)19-10-9-18-8-7-17/h3-6,13,16-17H,7-12H2,1-2H3. The summed E-state index contributed by atoms with van der Waals surface area (Å²) < 4.78 is 10.9. The van der Waals surface area contributed by atoms with Crippen molar-refractivity contribution in [2.75, 3.05) is 33.0 Å². The van der Waals surface area contributed by atoms with E-state index in [1.807, 2.05) is 18.2 Å². The van der Waals surface area contributed by atoms with Crippen molar-refractivity contribution in [2.45, 2.75) is 20.4 Å². The van der Waals surface area contributed by atoms with Crippen molar-refractivity contribution >= 4 is 0 Å². The van der Waals surface area contributed by atoms with Crippen LogP contribution in [0.2, 0.25) is 0 Å². The van der Waals surface area contributed by atoms with E-state index in [9.17, 15) is 0 Å². The number of hydrogen-bond acceptors (Lipinski definition) is 4. The summed E-state index contributed by atoms with van der Waals surface area (Å²) in [4.78, 5) is 0. The molecular formula is C15H25NO3. The molecule has 0 radical (unpaired) electrons. The molecule has 1 rings (SSSR count). The number of nitrogens with one attached hydrogen (secondary N) is 1. The molecule has 0 bridgehead atoms. The molecule has 0 aliphatic rings. The van der Waals surface area contributed by atoms with Crippen molar-refractivity contribution in [3.8, 4) is 5.75 Å². The maximum atomic E-state index is 8.59. The monoisotopic (exact) mass is 267 g/mol. The second-order valence-corrected chi connectivity index (χ2v) is 4.82. The fourth-order valence-electron chi connectivity index (χ4n) is 1.66. The molecule has 0 saturated heterocycles. The molecule has 0 saturated carbocycles. The second kappa shape index (κ2) is 9.78. The Kier molecular flexibility index (Phi) is 8.21. The van der Waals surface area contributed by atoms with Gasteiger partial charge in [0.05, 0.1) is 19.8 Å². The van der Waals surface area contributed by atoms with Gasteiger partial charge in [-0.1, -0.05) is 32.0 Å². The van der Waals surface area contributed by atoms with Crippen LogP contribution in [0.1, 0.15) is 19.4 Å². The highest BCUT2D eigenvalue weighted by Gasteiger charge is 2.03. The Hall–Kier alpha value is -1.10. The van der Waals surface area contributed by atoms with E-state index in [-0.39, 0.29) is 6.61 Å². The normalized spacial score (nSPS) is 10.9. The van der Waals surface area contributed by atoms with Crippen molar-refractivity contribution < 1.29 is 14.6 Å². The second-order valence-electron chi connectivity index (χ2n) is 4.82. The topological polar surface area (TPSA) is 50.7 Å². The molecule has 0 amide bonds. The molecule has 0 aliphatic carbocycles. The van der Waals surface area contributed by atoms with Gasteiger partial charge in [0.25, 0.3) is 0 Å². The first-order valence-electron chi connectivity index (χ1n) is 6.84. The van der Waals surface area contributed by atoms with E-state index in [2.05, 4.69) is 25.2 Å². The summed E-state index contributed by atoms with van der Waals surface area (Å²) in [5, 5.41) is 12.0. The van der Waals surface area contributed by atoms with Gasteiger partial charge in [0.15, 0.2) is 0 Å². The van der Waals surface area contributed by atoms with E-state index in [1.54, 1.807) is 0 Å². The lowest BCUT2D eigenvalue weighted by Crippen LogP contribution is -2.19. The predicted molar refractivity (Wildman–Crippen MR) is 76.4 cm³/mol. The number of rotatable bonds is 10. The third-order valence-corrected chi connectivity index (χ3v) is 2.56. The molecular weight excluding hydrogens is 242 g/mol. The number of para-hydroxylation sites is 1. The molecule has 1 aromatic carbocycles. The van der Waals surface area contributed by atoms with E-state index >= 15 is 0 Å². The summed E-state index contributed by atoms with van der Waals surface area (Å²) in [6, 6.07) is 8.02. The minimum atomic E-state index is 0.0513. The third-order valence-electron chi connectivity index (χ3n) is 2.56. The summed E-state index contributed by atoms with van der Waals surface area (Å²) in [7, 11) is 0.